The first-order valence-corrected chi connectivity index (χ1v) is 6.10. The van der Waals surface area contributed by atoms with Crippen molar-refractivity contribution in [2.75, 3.05) is 5.32 Å². The zero-order chi connectivity index (χ0) is 14.0. The van der Waals surface area contributed by atoms with Gasteiger partial charge < -0.3 is 15.2 Å². The minimum atomic E-state index is -1.03. The number of carbonyl (C=O) groups is 2. The van der Waals surface area contributed by atoms with Crippen LogP contribution in [0.4, 0.5) is 5.82 Å². The number of carboxylic acids is 1. The number of pyridine rings is 1. The van der Waals surface area contributed by atoms with E-state index in [1.807, 2.05) is 19.9 Å². The monoisotopic (exact) mass is 264 g/mol. The molecule has 2 N–H and O–H groups in total. The van der Waals surface area contributed by atoms with Gasteiger partial charge >= 0.3 is 5.97 Å². The number of carboxylic acid groups (broad SMARTS) is 1. The topological polar surface area (TPSA) is 88.5 Å². The summed E-state index contributed by atoms with van der Waals surface area (Å²) in [5.74, 6) is -0.911. The summed E-state index contributed by atoms with van der Waals surface area (Å²) in [4.78, 5) is 26.9. The lowest BCUT2D eigenvalue weighted by molar-refractivity contribution is -0.150. The van der Waals surface area contributed by atoms with Gasteiger partial charge in [0.2, 0.25) is 0 Å². The molecule has 2 heterocycles. The van der Waals surface area contributed by atoms with Crippen LogP contribution in [0.5, 0.6) is 0 Å². The minimum absolute atomic E-state index is 0.346. The molecule has 2 unspecified atom stereocenters. The van der Waals surface area contributed by atoms with E-state index in [1.165, 1.54) is 0 Å². The number of hydrogen-bond donors (Lipinski definition) is 2. The molecule has 0 aromatic carbocycles. The first-order chi connectivity index (χ1) is 8.95. The molecule has 2 atom stereocenters. The molecule has 2 rings (SSSR count). The van der Waals surface area contributed by atoms with Crippen molar-refractivity contribution < 1.29 is 19.4 Å². The van der Waals surface area contributed by atoms with Crippen LogP contribution in [0.25, 0.3) is 0 Å². The zero-order valence-corrected chi connectivity index (χ0v) is 10.8. The molecule has 1 aliphatic heterocycles. The summed E-state index contributed by atoms with van der Waals surface area (Å²) >= 11 is 0. The van der Waals surface area contributed by atoms with Crippen LogP contribution in [-0.2, 0) is 14.3 Å². The predicted octanol–water partition coefficient (Wildman–Crippen LogP) is 1.27. The highest BCUT2D eigenvalue weighted by atomic mass is 16.5. The van der Waals surface area contributed by atoms with Gasteiger partial charge in [0, 0.05) is 5.69 Å². The highest BCUT2D eigenvalue weighted by Gasteiger charge is 2.34. The van der Waals surface area contributed by atoms with E-state index in [9.17, 15) is 9.59 Å². The Hall–Kier alpha value is -1.95. The quantitative estimate of drug-likeness (QED) is 0.858. The Bertz CT molecular complexity index is 495. The van der Waals surface area contributed by atoms with Gasteiger partial charge in [-0.15, -0.1) is 0 Å². The maximum Gasteiger partial charge on any atom is 0.332 e. The van der Waals surface area contributed by atoms with Crippen molar-refractivity contribution in [1.29, 1.82) is 0 Å². The third kappa shape index (κ3) is 3.29. The van der Waals surface area contributed by atoms with Crippen LogP contribution in [-0.4, -0.2) is 34.2 Å². The molecule has 1 aromatic rings. The van der Waals surface area contributed by atoms with Gasteiger partial charge in [0.15, 0.2) is 6.10 Å². The normalized spacial score (nSPS) is 22.2. The summed E-state index contributed by atoms with van der Waals surface area (Å²) in [6.45, 7) is 3.76. The molecule has 1 aliphatic rings. The number of aryl methyl sites for hydroxylation is 2. The molecule has 6 nitrogen and oxygen atoms in total. The highest BCUT2D eigenvalue weighted by Crippen LogP contribution is 2.21. The summed E-state index contributed by atoms with van der Waals surface area (Å²) in [5, 5.41) is 11.5. The standard InChI is InChI=1S/C13H16N2O4/c1-7-5-8(2)14-11(6-7)15-12(16)9-3-4-10(19-9)13(17)18/h5-6,9-10H,3-4H2,1-2H3,(H,17,18)(H,14,15,16). The lowest BCUT2D eigenvalue weighted by Crippen LogP contribution is -2.30. The molecule has 0 bridgehead atoms. The number of hydrogen-bond acceptors (Lipinski definition) is 4. The maximum absolute atomic E-state index is 11.9. The number of anilines is 1. The van der Waals surface area contributed by atoms with Crippen molar-refractivity contribution >= 4 is 17.7 Å². The van der Waals surface area contributed by atoms with E-state index in [1.54, 1.807) is 6.07 Å². The number of aliphatic carboxylic acids is 1. The van der Waals surface area contributed by atoms with Crippen LogP contribution in [0.15, 0.2) is 12.1 Å². The van der Waals surface area contributed by atoms with Crippen LogP contribution in [0.1, 0.15) is 24.1 Å². The van der Waals surface area contributed by atoms with Crippen molar-refractivity contribution in [2.24, 2.45) is 0 Å². The van der Waals surface area contributed by atoms with Gasteiger partial charge in [0.25, 0.3) is 5.91 Å². The molecule has 0 radical (unpaired) electrons. The van der Waals surface area contributed by atoms with E-state index >= 15 is 0 Å². The number of ether oxygens (including phenoxy) is 1. The third-order valence-corrected chi connectivity index (χ3v) is 2.94. The third-order valence-electron chi connectivity index (χ3n) is 2.94. The summed E-state index contributed by atoms with van der Waals surface area (Å²) in [7, 11) is 0. The molecule has 0 spiro atoms. The average molecular weight is 264 g/mol. The largest absolute Gasteiger partial charge is 0.479 e. The fraction of sp³-hybridized carbons (Fsp3) is 0.462. The fourth-order valence-corrected chi connectivity index (χ4v) is 2.12. The van der Waals surface area contributed by atoms with Gasteiger partial charge in [0.05, 0.1) is 0 Å². The van der Waals surface area contributed by atoms with E-state index in [4.69, 9.17) is 9.84 Å². The first-order valence-electron chi connectivity index (χ1n) is 6.10. The number of nitrogens with zero attached hydrogens (tertiary/aromatic N) is 1. The Balaban J connectivity index is 2.00. The molecule has 1 fully saturated rings. The molecule has 0 aliphatic carbocycles. The van der Waals surface area contributed by atoms with Crippen molar-refractivity contribution in [3.8, 4) is 0 Å². The Morgan fingerprint density at radius 2 is 2.00 bits per heavy atom. The van der Waals surface area contributed by atoms with E-state index < -0.39 is 18.2 Å². The second-order valence-corrected chi connectivity index (χ2v) is 4.69. The SMILES string of the molecule is Cc1cc(C)nc(NC(=O)C2CCC(C(=O)O)O2)c1. The predicted molar refractivity (Wildman–Crippen MR) is 67.9 cm³/mol. The molecule has 19 heavy (non-hydrogen) atoms. The second kappa shape index (κ2) is 5.36. The average Bonchev–Trinajstić information content (AvgIpc) is 2.76. The van der Waals surface area contributed by atoms with Crippen molar-refractivity contribution in [1.82, 2.24) is 4.98 Å². The van der Waals surface area contributed by atoms with Gasteiger partial charge in [-0.1, -0.05) is 0 Å². The minimum Gasteiger partial charge on any atom is -0.479 e. The van der Waals surface area contributed by atoms with E-state index in [-0.39, 0.29) is 5.91 Å². The molecule has 1 saturated heterocycles. The van der Waals surface area contributed by atoms with Gasteiger partial charge in [-0.2, -0.15) is 0 Å². The number of aromatic nitrogens is 1. The van der Waals surface area contributed by atoms with Gasteiger partial charge in [-0.3, -0.25) is 4.79 Å². The Morgan fingerprint density at radius 1 is 1.32 bits per heavy atom. The van der Waals surface area contributed by atoms with Gasteiger partial charge in [-0.05, 0) is 44.4 Å². The second-order valence-electron chi connectivity index (χ2n) is 4.69. The molecule has 102 valence electrons. The molecule has 0 saturated carbocycles. The van der Waals surface area contributed by atoms with Crippen LogP contribution in [0.3, 0.4) is 0 Å². The summed E-state index contributed by atoms with van der Waals surface area (Å²) < 4.78 is 5.18. The first kappa shape index (κ1) is 13.5. The summed E-state index contributed by atoms with van der Waals surface area (Å²) in [5.41, 5.74) is 1.81. The molecular formula is C13H16N2O4. The summed E-state index contributed by atoms with van der Waals surface area (Å²) in [6.07, 6.45) is -0.840. The van der Waals surface area contributed by atoms with Crippen molar-refractivity contribution in [2.45, 2.75) is 38.9 Å². The van der Waals surface area contributed by atoms with Gasteiger partial charge in [0.1, 0.15) is 11.9 Å². The van der Waals surface area contributed by atoms with E-state index in [2.05, 4.69) is 10.3 Å². The van der Waals surface area contributed by atoms with E-state index in [0.29, 0.717) is 18.7 Å². The zero-order valence-electron chi connectivity index (χ0n) is 10.8. The Morgan fingerprint density at radius 3 is 2.58 bits per heavy atom. The lowest BCUT2D eigenvalue weighted by Gasteiger charge is -2.12. The molecular weight excluding hydrogens is 248 g/mol. The Labute approximate surface area is 110 Å². The number of carbonyl (C=O) groups excluding carboxylic acids is 1. The smallest absolute Gasteiger partial charge is 0.332 e. The van der Waals surface area contributed by atoms with Crippen molar-refractivity contribution in [3.05, 3.63) is 23.4 Å². The number of nitrogens with one attached hydrogen (secondary N) is 1. The highest BCUT2D eigenvalue weighted by molar-refractivity contribution is 5.94. The van der Waals surface area contributed by atoms with Gasteiger partial charge in [-0.25, -0.2) is 9.78 Å². The molecule has 1 amide bonds. The van der Waals surface area contributed by atoms with E-state index in [0.717, 1.165) is 11.3 Å². The Kier molecular flexibility index (Phi) is 3.80. The van der Waals surface area contributed by atoms with Crippen LogP contribution < -0.4 is 5.32 Å². The molecule has 6 heteroatoms. The molecule has 1 aromatic heterocycles. The fourth-order valence-electron chi connectivity index (χ4n) is 2.12. The summed E-state index contributed by atoms with van der Waals surface area (Å²) in [6, 6.07) is 3.66. The van der Waals surface area contributed by atoms with Crippen LogP contribution in [0.2, 0.25) is 0 Å². The maximum atomic E-state index is 11.9. The van der Waals surface area contributed by atoms with Crippen molar-refractivity contribution in [3.63, 3.8) is 0 Å². The number of rotatable bonds is 3. The van der Waals surface area contributed by atoms with Crippen LogP contribution >= 0.6 is 0 Å². The lowest BCUT2D eigenvalue weighted by atomic mass is 10.2. The number of amides is 1. The van der Waals surface area contributed by atoms with Crippen LogP contribution in [0, 0.1) is 13.8 Å².